The van der Waals surface area contributed by atoms with Crippen LogP contribution in [0.4, 0.5) is 16.2 Å². The smallest absolute Gasteiger partial charge is 0.333 e. The molecule has 56 heavy (non-hydrogen) atoms. The molecule has 0 bridgehead atoms. The number of anilines is 2. The number of hydrogen-bond acceptors (Lipinski definition) is 9. The second kappa shape index (κ2) is 17.4. The molecule has 0 atom stereocenters. The minimum absolute atomic E-state index is 0.0174. The molecule has 1 aliphatic heterocycles. The summed E-state index contributed by atoms with van der Waals surface area (Å²) in [5.74, 6) is 0.559. The van der Waals surface area contributed by atoms with E-state index < -0.39 is 16.1 Å². The second-order valence-electron chi connectivity index (χ2n) is 13.6. The number of amides is 3. The van der Waals surface area contributed by atoms with Crippen molar-refractivity contribution in [1.82, 2.24) is 4.72 Å². The molecule has 15 heteroatoms. The first-order valence-corrected chi connectivity index (χ1v) is 21.4. The summed E-state index contributed by atoms with van der Waals surface area (Å²) in [5.41, 5.74) is 8.27. The van der Waals surface area contributed by atoms with Crippen LogP contribution in [-0.4, -0.2) is 72.2 Å². The molecular weight excluding hydrogens is 870 g/mol. The molecule has 0 saturated heterocycles. The third-order valence-electron chi connectivity index (χ3n) is 10.00. The largest absolute Gasteiger partial charge is 0.503 e. The molecule has 0 aromatic heterocycles. The van der Waals surface area contributed by atoms with Gasteiger partial charge in [0, 0.05) is 27.8 Å². The van der Waals surface area contributed by atoms with Crippen molar-refractivity contribution in [3.05, 3.63) is 103 Å². The average molecular weight is 912 g/mol. The molecule has 3 amide bonds. The highest BCUT2D eigenvalue weighted by Crippen LogP contribution is 2.42. The van der Waals surface area contributed by atoms with E-state index in [-0.39, 0.29) is 42.1 Å². The molecule has 4 aromatic carbocycles. The highest BCUT2D eigenvalue weighted by Gasteiger charge is 2.32. The number of aromatic hydroxyl groups is 1. The highest BCUT2D eigenvalue weighted by atomic mass is 79.9. The predicted molar refractivity (Wildman–Crippen MR) is 220 cm³/mol. The number of sulfonamides is 1. The van der Waals surface area contributed by atoms with Gasteiger partial charge in [-0.05, 0) is 143 Å². The molecule has 0 saturated carbocycles. The minimum atomic E-state index is -4.11. The lowest BCUT2D eigenvalue weighted by Gasteiger charge is -2.17. The lowest BCUT2D eigenvalue weighted by atomic mass is 9.99. The van der Waals surface area contributed by atoms with E-state index >= 15 is 0 Å². The van der Waals surface area contributed by atoms with Crippen LogP contribution in [-0.2, 0) is 50.0 Å². The minimum Gasteiger partial charge on any atom is -0.503 e. The molecule has 7 rings (SSSR count). The number of phenolic OH excluding ortho intramolecular Hbond substituents is 1. The Morgan fingerprint density at radius 3 is 2.25 bits per heavy atom. The Hall–Kier alpha value is -4.41. The van der Waals surface area contributed by atoms with Gasteiger partial charge in [0.1, 0.15) is 12.4 Å². The van der Waals surface area contributed by atoms with Crippen LogP contribution < -0.4 is 24.4 Å². The Balaban J connectivity index is 0.829. The number of urea groups is 1. The van der Waals surface area contributed by atoms with Gasteiger partial charge < -0.3 is 34.3 Å². The van der Waals surface area contributed by atoms with Crippen LogP contribution in [0.15, 0.2) is 74.5 Å². The topological polar surface area (TPSA) is 153 Å². The zero-order chi connectivity index (χ0) is 39.4. The van der Waals surface area contributed by atoms with Gasteiger partial charge >= 0.3 is 6.03 Å². The summed E-state index contributed by atoms with van der Waals surface area (Å²) in [4.78, 5) is 28.1. The number of ether oxygens (including phenoxy) is 4. The maximum Gasteiger partial charge on any atom is 0.333 e. The van der Waals surface area contributed by atoms with Gasteiger partial charge in [-0.3, -0.25) is 4.79 Å². The first-order chi connectivity index (χ1) is 27.0. The number of nitrogens with zero attached hydrogens (tertiary/aromatic N) is 1. The zero-order valence-corrected chi connectivity index (χ0v) is 34.6. The van der Waals surface area contributed by atoms with Crippen LogP contribution in [0.3, 0.4) is 0 Å². The summed E-state index contributed by atoms with van der Waals surface area (Å²) in [6.07, 6.45) is 7.54. The fourth-order valence-electron chi connectivity index (χ4n) is 7.39. The second-order valence-corrected chi connectivity index (χ2v) is 17.0. The number of halogens is 2. The molecule has 2 aliphatic carbocycles. The molecule has 0 unspecified atom stereocenters. The van der Waals surface area contributed by atoms with Crippen molar-refractivity contribution in [2.75, 3.05) is 56.9 Å². The van der Waals surface area contributed by atoms with Gasteiger partial charge in [-0.2, -0.15) is 0 Å². The predicted octanol–water partition coefficient (Wildman–Crippen LogP) is 7.41. The number of phenols is 1. The van der Waals surface area contributed by atoms with E-state index in [2.05, 4.69) is 48.0 Å². The molecule has 12 nitrogen and oxygen atoms in total. The summed E-state index contributed by atoms with van der Waals surface area (Å²) in [5, 5.41) is 13.1. The molecular formula is C41H41Br2N3O9S. The monoisotopic (exact) mass is 909 g/mol. The number of carbonyl (C=O) groups is 2. The third-order valence-corrected chi connectivity index (χ3v) is 12.4. The Morgan fingerprint density at radius 2 is 1.55 bits per heavy atom. The fraction of sp³-hybridized carbons (Fsp3) is 0.317. The summed E-state index contributed by atoms with van der Waals surface area (Å²) in [7, 11) is -2.64. The van der Waals surface area contributed by atoms with Crippen LogP contribution in [0.1, 0.15) is 46.2 Å². The van der Waals surface area contributed by atoms with E-state index in [1.807, 2.05) is 18.2 Å². The van der Waals surface area contributed by atoms with Gasteiger partial charge in [-0.1, -0.05) is 22.0 Å². The van der Waals surface area contributed by atoms with E-state index in [9.17, 15) is 23.1 Å². The Bertz CT molecular complexity index is 2270. The Morgan fingerprint density at radius 1 is 0.875 bits per heavy atom. The average Bonchev–Trinajstić information content (AvgIpc) is 3.91. The standard InChI is InChI=1S/C41H41Br2N3O9S/c1-52-37-22-25(21-35(43)39(37)47)20-34-33-24-28(42)8-13-36(33)46(40(34)48)14-15-53-16-17-54-18-19-55-29-9-11-30(12-10-29)56(50,51)45-41(49)44-38-31-6-2-4-26(31)23-27-5-3-7-32(27)38/h8-13,20-24,47H,2-7,14-19H2,1H3,(H2,44,45,49)/b34-20+. The number of aryl methyl sites for hydroxylation is 2. The molecule has 0 spiro atoms. The first kappa shape index (κ1) is 39.8. The van der Waals surface area contributed by atoms with Crippen molar-refractivity contribution in [3.63, 3.8) is 0 Å². The maximum absolute atomic E-state index is 13.6. The summed E-state index contributed by atoms with van der Waals surface area (Å²) in [6.45, 7) is 1.74. The Kier molecular flexibility index (Phi) is 12.4. The van der Waals surface area contributed by atoms with E-state index in [1.54, 1.807) is 23.1 Å². The van der Waals surface area contributed by atoms with Gasteiger partial charge in [-0.25, -0.2) is 17.9 Å². The van der Waals surface area contributed by atoms with Crippen molar-refractivity contribution in [3.8, 4) is 17.2 Å². The molecule has 3 aliphatic rings. The number of methoxy groups -OCH3 is 1. The van der Waals surface area contributed by atoms with Gasteiger partial charge in [0.05, 0.1) is 48.6 Å². The molecule has 3 N–H and O–H groups in total. The van der Waals surface area contributed by atoms with Crippen molar-refractivity contribution >= 4 is 76.8 Å². The number of nitrogens with one attached hydrogen (secondary N) is 2. The van der Waals surface area contributed by atoms with E-state index in [4.69, 9.17) is 18.9 Å². The number of benzene rings is 4. The lowest BCUT2D eigenvalue weighted by molar-refractivity contribution is -0.113. The number of hydrogen-bond donors (Lipinski definition) is 3. The Labute approximate surface area is 342 Å². The SMILES string of the molecule is COc1cc(/C=C2/C(=O)N(CCOCCOCCOc3ccc(S(=O)(=O)NC(=O)Nc4c5c(cc6c4CCC6)CCC5)cc3)c3ccc(Br)cc32)cc(Br)c1O. The lowest BCUT2D eigenvalue weighted by Crippen LogP contribution is -2.35. The van der Waals surface area contributed by atoms with Crippen LogP contribution >= 0.6 is 31.9 Å². The van der Waals surface area contributed by atoms with Crippen molar-refractivity contribution in [2.45, 2.75) is 43.4 Å². The van der Waals surface area contributed by atoms with Crippen LogP contribution in [0, 0.1) is 0 Å². The maximum atomic E-state index is 13.6. The molecule has 294 valence electrons. The van der Waals surface area contributed by atoms with Crippen molar-refractivity contribution < 1.29 is 42.1 Å². The van der Waals surface area contributed by atoms with Crippen LogP contribution in [0.5, 0.6) is 17.2 Å². The van der Waals surface area contributed by atoms with E-state index in [1.165, 1.54) is 42.5 Å². The van der Waals surface area contributed by atoms with Crippen molar-refractivity contribution in [1.29, 1.82) is 0 Å². The van der Waals surface area contributed by atoms with Gasteiger partial charge in [0.15, 0.2) is 11.5 Å². The summed E-state index contributed by atoms with van der Waals surface area (Å²) < 4.78 is 51.9. The van der Waals surface area contributed by atoms with Gasteiger partial charge in [0.2, 0.25) is 0 Å². The molecule has 0 radical (unpaired) electrons. The molecule has 0 fully saturated rings. The molecule has 4 aromatic rings. The zero-order valence-electron chi connectivity index (χ0n) is 30.7. The summed E-state index contributed by atoms with van der Waals surface area (Å²) in [6, 6.07) is 16.4. The number of rotatable bonds is 15. The normalized spacial score (nSPS) is 15.2. The quantitative estimate of drug-likeness (QED) is 0.0818. The third kappa shape index (κ3) is 8.76. The van der Waals surface area contributed by atoms with Crippen LogP contribution in [0.25, 0.3) is 11.6 Å². The van der Waals surface area contributed by atoms with Crippen molar-refractivity contribution in [2.24, 2.45) is 0 Å². The number of carbonyl (C=O) groups excluding carboxylic acids is 2. The number of fused-ring (bicyclic) bond motifs is 3. The van der Waals surface area contributed by atoms with Gasteiger partial charge in [-0.15, -0.1) is 0 Å². The summed E-state index contributed by atoms with van der Waals surface area (Å²) >= 11 is 6.85. The first-order valence-electron chi connectivity index (χ1n) is 18.3. The van der Waals surface area contributed by atoms with E-state index in [0.29, 0.717) is 41.1 Å². The highest BCUT2D eigenvalue weighted by molar-refractivity contribution is 9.10. The fourth-order valence-corrected chi connectivity index (χ4v) is 9.12. The van der Waals surface area contributed by atoms with Gasteiger partial charge in [0.25, 0.3) is 15.9 Å². The van der Waals surface area contributed by atoms with Crippen LogP contribution in [0.2, 0.25) is 0 Å². The van der Waals surface area contributed by atoms with E-state index in [0.717, 1.165) is 71.1 Å². The molecule has 1 heterocycles.